The van der Waals surface area contributed by atoms with Crippen molar-refractivity contribution in [2.24, 2.45) is 5.41 Å². The Kier molecular flexibility index (Phi) is 7.06. The molecule has 2 aliphatic rings. The van der Waals surface area contributed by atoms with E-state index in [1.807, 2.05) is 48.4 Å². The van der Waals surface area contributed by atoms with E-state index in [0.29, 0.717) is 25.3 Å². The summed E-state index contributed by atoms with van der Waals surface area (Å²) in [5.41, 5.74) is 0.181. The van der Waals surface area contributed by atoms with Crippen molar-refractivity contribution in [3.8, 4) is 0 Å². The van der Waals surface area contributed by atoms with E-state index in [0.717, 1.165) is 51.7 Å². The maximum absolute atomic E-state index is 13.1. The highest BCUT2D eigenvalue weighted by Gasteiger charge is 2.38. The Hall–Kier alpha value is -2.09. The number of aryl methyl sites for hydroxylation is 1. The van der Waals surface area contributed by atoms with Gasteiger partial charge in [-0.3, -0.25) is 9.48 Å². The van der Waals surface area contributed by atoms with Crippen LogP contribution in [0.4, 0.5) is 4.79 Å². The van der Waals surface area contributed by atoms with Crippen LogP contribution < -0.4 is 5.32 Å². The monoisotopic (exact) mass is 419 g/mol. The number of fused-ring (bicyclic) bond motifs is 1. The van der Waals surface area contributed by atoms with Crippen molar-refractivity contribution in [2.75, 3.05) is 39.8 Å². The van der Waals surface area contributed by atoms with E-state index in [-0.39, 0.29) is 17.4 Å². The van der Waals surface area contributed by atoms with Crippen LogP contribution >= 0.6 is 0 Å². The van der Waals surface area contributed by atoms with Gasteiger partial charge in [-0.05, 0) is 77.4 Å². The van der Waals surface area contributed by atoms with Crippen LogP contribution in [0.5, 0.6) is 0 Å². The van der Waals surface area contributed by atoms with Gasteiger partial charge in [-0.2, -0.15) is 5.10 Å². The molecule has 1 N–H and O–H groups in total. The van der Waals surface area contributed by atoms with E-state index in [2.05, 4.69) is 10.4 Å². The topological polar surface area (TPSA) is 79.7 Å². The Labute approximate surface area is 179 Å². The van der Waals surface area contributed by atoms with Gasteiger partial charge >= 0.3 is 6.09 Å². The molecule has 0 atom stereocenters. The van der Waals surface area contributed by atoms with Crippen LogP contribution in [0.3, 0.4) is 0 Å². The number of nitrogens with zero attached hydrogens (tertiary/aromatic N) is 4. The van der Waals surface area contributed by atoms with Crippen LogP contribution in [-0.4, -0.2) is 77.0 Å². The number of aromatic nitrogens is 2. The molecule has 1 fully saturated rings. The van der Waals surface area contributed by atoms with Gasteiger partial charge in [0.2, 0.25) is 0 Å². The molecule has 2 amide bonds. The average molecular weight is 420 g/mol. The molecule has 0 unspecified atom stereocenters. The summed E-state index contributed by atoms with van der Waals surface area (Å²) in [4.78, 5) is 29.3. The van der Waals surface area contributed by atoms with Gasteiger partial charge in [0.05, 0.1) is 0 Å². The summed E-state index contributed by atoms with van der Waals surface area (Å²) >= 11 is 0. The van der Waals surface area contributed by atoms with Gasteiger partial charge in [0.25, 0.3) is 5.91 Å². The second kappa shape index (κ2) is 9.37. The SMILES string of the molecule is CN1CC2(CCCNCCCn3nccc3C1=O)CCN(C(=O)OC(C)(C)C)CC2. The van der Waals surface area contributed by atoms with E-state index in [4.69, 9.17) is 4.74 Å². The fourth-order valence-electron chi connectivity index (χ4n) is 4.51. The smallest absolute Gasteiger partial charge is 0.410 e. The molecule has 2 aliphatic heterocycles. The summed E-state index contributed by atoms with van der Waals surface area (Å²) in [6, 6.07) is 1.81. The van der Waals surface area contributed by atoms with E-state index in [1.54, 1.807) is 6.20 Å². The van der Waals surface area contributed by atoms with E-state index in [9.17, 15) is 9.59 Å². The molecule has 1 aromatic heterocycles. The van der Waals surface area contributed by atoms with Crippen molar-refractivity contribution in [3.63, 3.8) is 0 Å². The molecule has 30 heavy (non-hydrogen) atoms. The average Bonchev–Trinajstić information content (AvgIpc) is 3.13. The maximum atomic E-state index is 13.1. The molecule has 1 saturated heterocycles. The Morgan fingerprint density at radius 2 is 1.83 bits per heavy atom. The van der Waals surface area contributed by atoms with Gasteiger partial charge in [-0.25, -0.2) is 4.79 Å². The van der Waals surface area contributed by atoms with Gasteiger partial charge in [0.15, 0.2) is 0 Å². The predicted molar refractivity (Wildman–Crippen MR) is 115 cm³/mol. The number of amides is 2. The molecule has 1 aromatic rings. The van der Waals surface area contributed by atoms with Crippen molar-refractivity contribution in [1.82, 2.24) is 24.9 Å². The number of ether oxygens (including phenoxy) is 1. The number of piperidine rings is 1. The Bertz CT molecular complexity index is 731. The third-order valence-corrected chi connectivity index (χ3v) is 6.11. The molecule has 1 spiro atoms. The van der Waals surface area contributed by atoms with Gasteiger partial charge < -0.3 is 19.9 Å². The molecule has 8 nitrogen and oxygen atoms in total. The standard InChI is InChI=1S/C22H37N5O3/c1-21(2,3)30-20(29)26-15-9-22(10-16-26)8-5-11-23-12-6-14-27-18(7-13-24-27)19(28)25(4)17-22/h7,13,23H,5-6,8-12,14-17H2,1-4H3. The molecule has 3 rings (SSSR count). The van der Waals surface area contributed by atoms with Crippen LogP contribution in [0.1, 0.15) is 63.4 Å². The largest absolute Gasteiger partial charge is 0.444 e. The Morgan fingerprint density at radius 3 is 2.53 bits per heavy atom. The quantitative estimate of drug-likeness (QED) is 0.699. The second-order valence-corrected chi connectivity index (χ2v) is 9.78. The highest BCUT2D eigenvalue weighted by molar-refractivity contribution is 5.92. The first-order valence-electron chi connectivity index (χ1n) is 11.2. The van der Waals surface area contributed by atoms with Crippen molar-refractivity contribution >= 4 is 12.0 Å². The van der Waals surface area contributed by atoms with E-state index in [1.165, 1.54) is 0 Å². The molecule has 3 heterocycles. The van der Waals surface area contributed by atoms with Crippen LogP contribution in [0.2, 0.25) is 0 Å². The maximum Gasteiger partial charge on any atom is 0.410 e. The van der Waals surface area contributed by atoms with E-state index >= 15 is 0 Å². The Morgan fingerprint density at radius 1 is 1.13 bits per heavy atom. The predicted octanol–water partition coefficient (Wildman–Crippen LogP) is 2.75. The lowest BCUT2D eigenvalue weighted by Gasteiger charge is -2.44. The fraction of sp³-hybridized carbons (Fsp3) is 0.773. The highest BCUT2D eigenvalue weighted by Crippen LogP contribution is 2.37. The molecule has 8 heteroatoms. The van der Waals surface area contributed by atoms with Crippen LogP contribution in [-0.2, 0) is 11.3 Å². The molecule has 0 saturated carbocycles. The third kappa shape index (κ3) is 5.74. The fourth-order valence-corrected chi connectivity index (χ4v) is 4.51. The minimum absolute atomic E-state index is 0.0174. The summed E-state index contributed by atoms with van der Waals surface area (Å²) < 4.78 is 7.37. The van der Waals surface area contributed by atoms with Crippen molar-refractivity contribution < 1.29 is 14.3 Å². The summed E-state index contributed by atoms with van der Waals surface area (Å²) in [6.45, 7) is 10.3. The van der Waals surface area contributed by atoms with Gasteiger partial charge in [0, 0.05) is 39.4 Å². The number of carbonyl (C=O) groups excluding carboxylic acids is 2. The zero-order valence-corrected chi connectivity index (χ0v) is 18.9. The molecule has 168 valence electrons. The molecule has 0 radical (unpaired) electrons. The minimum Gasteiger partial charge on any atom is -0.444 e. The third-order valence-electron chi connectivity index (χ3n) is 6.11. The van der Waals surface area contributed by atoms with Gasteiger partial charge in [-0.15, -0.1) is 0 Å². The number of carbonyl (C=O) groups is 2. The first-order valence-corrected chi connectivity index (χ1v) is 11.2. The summed E-state index contributed by atoms with van der Waals surface area (Å²) in [6.07, 6.45) is 6.28. The number of nitrogens with one attached hydrogen (secondary N) is 1. The van der Waals surface area contributed by atoms with Crippen LogP contribution in [0, 0.1) is 5.41 Å². The zero-order chi connectivity index (χ0) is 21.8. The second-order valence-electron chi connectivity index (χ2n) is 9.78. The van der Waals surface area contributed by atoms with Gasteiger partial charge in [-0.1, -0.05) is 0 Å². The van der Waals surface area contributed by atoms with E-state index < -0.39 is 5.60 Å². The first kappa shape index (κ1) is 22.6. The van der Waals surface area contributed by atoms with Crippen molar-refractivity contribution in [1.29, 1.82) is 0 Å². The van der Waals surface area contributed by atoms with Crippen molar-refractivity contribution in [2.45, 2.75) is 65.0 Å². The zero-order valence-electron chi connectivity index (χ0n) is 18.9. The number of rotatable bonds is 0. The molecular formula is C22H37N5O3. The molecule has 0 aliphatic carbocycles. The van der Waals surface area contributed by atoms with Crippen LogP contribution in [0.25, 0.3) is 0 Å². The first-order chi connectivity index (χ1) is 14.2. The Balaban J connectivity index is 1.71. The lowest BCUT2D eigenvalue weighted by molar-refractivity contribution is 0.00374. The minimum atomic E-state index is -0.487. The molecule has 0 bridgehead atoms. The lowest BCUT2D eigenvalue weighted by Crippen LogP contribution is -2.49. The number of hydrogen-bond donors (Lipinski definition) is 1. The molecule has 0 aromatic carbocycles. The lowest BCUT2D eigenvalue weighted by atomic mass is 9.74. The van der Waals surface area contributed by atoms with Crippen molar-refractivity contribution in [3.05, 3.63) is 18.0 Å². The summed E-state index contributed by atoms with van der Waals surface area (Å²) in [5.74, 6) is 0.0219. The normalized spacial score (nSPS) is 21.4. The number of likely N-dealkylation sites (tertiary alicyclic amines) is 1. The summed E-state index contributed by atoms with van der Waals surface area (Å²) in [7, 11) is 1.89. The summed E-state index contributed by atoms with van der Waals surface area (Å²) in [5, 5.41) is 7.86. The van der Waals surface area contributed by atoms with Crippen LogP contribution in [0.15, 0.2) is 12.3 Å². The highest BCUT2D eigenvalue weighted by atomic mass is 16.6. The van der Waals surface area contributed by atoms with Gasteiger partial charge in [0.1, 0.15) is 11.3 Å². The number of hydrogen-bond acceptors (Lipinski definition) is 5. The molecular weight excluding hydrogens is 382 g/mol.